The van der Waals surface area contributed by atoms with Gasteiger partial charge in [0.2, 0.25) is 0 Å². The third-order valence-electron chi connectivity index (χ3n) is 1.74. The second-order valence-electron chi connectivity index (χ2n) is 2.68. The Hall–Kier alpha value is -2.10. The monoisotopic (exact) mass is 230 g/mol. The van der Waals surface area contributed by atoms with Crippen molar-refractivity contribution in [3.63, 3.8) is 0 Å². The van der Waals surface area contributed by atoms with Gasteiger partial charge in [0.25, 0.3) is 0 Å². The minimum absolute atomic E-state index is 0.452. The molecule has 1 rings (SSSR count). The average Bonchev–Trinajstić information content (AvgIpc) is 2.25. The highest BCUT2D eigenvalue weighted by Gasteiger charge is 2.37. The van der Waals surface area contributed by atoms with E-state index in [1.807, 2.05) is 0 Å². The molecule has 0 atom stereocenters. The molecule has 0 radical (unpaired) electrons. The van der Waals surface area contributed by atoms with Crippen LogP contribution in [0.1, 0.15) is 21.6 Å². The molecule has 0 unspecified atom stereocenters. The molecule has 0 fully saturated rings. The van der Waals surface area contributed by atoms with Gasteiger partial charge >= 0.3 is 12.1 Å². The summed E-state index contributed by atoms with van der Waals surface area (Å²) in [6.45, 7) is 0. The highest BCUT2D eigenvalue weighted by Crippen LogP contribution is 2.31. The Morgan fingerprint density at radius 1 is 1.56 bits per heavy atom. The van der Waals surface area contributed by atoms with Crippen molar-refractivity contribution in [1.82, 2.24) is 4.98 Å². The maximum atomic E-state index is 12.4. The van der Waals surface area contributed by atoms with Crippen molar-refractivity contribution in [3.8, 4) is 6.07 Å². The summed E-state index contributed by atoms with van der Waals surface area (Å²) in [5.41, 5.74) is -2.67. The summed E-state index contributed by atoms with van der Waals surface area (Å²) in [6.07, 6.45) is -3.98. The number of nitriles is 1. The topological polar surface area (TPSA) is 63.0 Å². The van der Waals surface area contributed by atoms with Gasteiger partial charge in [-0.1, -0.05) is 0 Å². The Labute approximate surface area is 88.3 Å². The summed E-state index contributed by atoms with van der Waals surface area (Å²) in [7, 11) is 1.01. The average molecular weight is 230 g/mol. The lowest BCUT2D eigenvalue weighted by Crippen LogP contribution is -2.15. The Morgan fingerprint density at radius 3 is 2.62 bits per heavy atom. The molecular weight excluding hydrogens is 225 g/mol. The highest BCUT2D eigenvalue weighted by molar-refractivity contribution is 5.92. The van der Waals surface area contributed by atoms with Gasteiger partial charge in [-0.25, -0.2) is 4.79 Å². The maximum Gasteiger partial charge on any atom is 0.434 e. The van der Waals surface area contributed by atoms with Gasteiger partial charge in [0, 0.05) is 6.20 Å². The standard InChI is InChI=1S/C9H5F3N2O2/c1-16-8(15)5-2-3-14-7(6(5)4-13)9(10,11)12/h2-3H,1H3. The van der Waals surface area contributed by atoms with Crippen LogP contribution < -0.4 is 0 Å². The number of carbonyl (C=O) groups excluding carboxylic acids is 1. The molecule has 0 aliphatic carbocycles. The van der Waals surface area contributed by atoms with Crippen molar-refractivity contribution >= 4 is 5.97 Å². The van der Waals surface area contributed by atoms with E-state index in [0.717, 1.165) is 19.4 Å². The maximum absolute atomic E-state index is 12.4. The van der Waals surface area contributed by atoms with E-state index in [9.17, 15) is 18.0 Å². The number of ether oxygens (including phenoxy) is 1. The van der Waals surface area contributed by atoms with E-state index in [1.54, 1.807) is 0 Å². The zero-order chi connectivity index (χ0) is 12.3. The predicted octanol–water partition coefficient (Wildman–Crippen LogP) is 1.76. The second kappa shape index (κ2) is 4.18. The zero-order valence-electron chi connectivity index (χ0n) is 8.00. The van der Waals surface area contributed by atoms with Crippen LogP contribution in [0.15, 0.2) is 12.3 Å². The molecule has 1 aromatic rings. The number of alkyl halides is 3. The van der Waals surface area contributed by atoms with Gasteiger partial charge in [-0.3, -0.25) is 4.98 Å². The van der Waals surface area contributed by atoms with Gasteiger partial charge in [0.15, 0.2) is 5.69 Å². The van der Waals surface area contributed by atoms with Gasteiger partial charge < -0.3 is 4.74 Å². The minimum Gasteiger partial charge on any atom is -0.465 e. The van der Waals surface area contributed by atoms with E-state index < -0.39 is 29.0 Å². The van der Waals surface area contributed by atoms with Gasteiger partial charge in [0.05, 0.1) is 18.2 Å². The van der Waals surface area contributed by atoms with E-state index >= 15 is 0 Å². The van der Waals surface area contributed by atoms with Crippen LogP contribution in [0.4, 0.5) is 13.2 Å². The molecule has 0 saturated heterocycles. The largest absolute Gasteiger partial charge is 0.465 e. The Kier molecular flexibility index (Phi) is 3.13. The fourth-order valence-corrected chi connectivity index (χ4v) is 1.07. The highest BCUT2D eigenvalue weighted by atomic mass is 19.4. The quantitative estimate of drug-likeness (QED) is 0.689. The van der Waals surface area contributed by atoms with Gasteiger partial charge in [-0.15, -0.1) is 0 Å². The third kappa shape index (κ3) is 2.11. The molecule has 16 heavy (non-hydrogen) atoms. The Morgan fingerprint density at radius 2 is 2.19 bits per heavy atom. The Balaban J connectivity index is 3.46. The third-order valence-corrected chi connectivity index (χ3v) is 1.74. The van der Waals surface area contributed by atoms with Gasteiger partial charge in [-0.05, 0) is 6.07 Å². The number of rotatable bonds is 1. The van der Waals surface area contributed by atoms with Gasteiger partial charge in [0.1, 0.15) is 6.07 Å². The fraction of sp³-hybridized carbons (Fsp3) is 0.222. The fourth-order valence-electron chi connectivity index (χ4n) is 1.07. The summed E-state index contributed by atoms with van der Waals surface area (Å²) in [4.78, 5) is 14.1. The molecule has 84 valence electrons. The van der Waals surface area contributed by atoms with Crippen LogP contribution in [-0.4, -0.2) is 18.1 Å². The van der Waals surface area contributed by atoms with E-state index in [-0.39, 0.29) is 0 Å². The molecule has 0 N–H and O–H groups in total. The van der Waals surface area contributed by atoms with Crippen molar-refractivity contribution in [2.45, 2.75) is 6.18 Å². The van der Waals surface area contributed by atoms with Crippen LogP contribution >= 0.6 is 0 Å². The number of halogens is 3. The van der Waals surface area contributed by atoms with Crippen LogP contribution in [0, 0.1) is 11.3 Å². The smallest absolute Gasteiger partial charge is 0.434 e. The first-order valence-electron chi connectivity index (χ1n) is 3.96. The van der Waals surface area contributed by atoms with Crippen molar-refractivity contribution in [1.29, 1.82) is 5.26 Å². The number of hydrogen-bond donors (Lipinski definition) is 0. The van der Waals surface area contributed by atoms with Crippen LogP contribution in [0.2, 0.25) is 0 Å². The number of nitrogens with zero attached hydrogens (tertiary/aromatic N) is 2. The lowest BCUT2D eigenvalue weighted by atomic mass is 10.1. The molecule has 7 heteroatoms. The molecule has 0 bridgehead atoms. The number of esters is 1. The van der Waals surface area contributed by atoms with Crippen LogP contribution in [0.25, 0.3) is 0 Å². The summed E-state index contributed by atoms with van der Waals surface area (Å²) < 4.78 is 41.5. The number of methoxy groups -OCH3 is 1. The van der Waals surface area contributed by atoms with Crippen molar-refractivity contribution < 1.29 is 22.7 Å². The molecule has 0 amide bonds. The summed E-state index contributed by atoms with van der Waals surface area (Å²) in [5.74, 6) is -1.01. The SMILES string of the molecule is COC(=O)c1ccnc(C(F)(F)F)c1C#N. The van der Waals surface area contributed by atoms with Crippen molar-refractivity contribution in [2.24, 2.45) is 0 Å². The second-order valence-corrected chi connectivity index (χ2v) is 2.68. The summed E-state index contributed by atoms with van der Waals surface area (Å²) in [5, 5.41) is 8.61. The van der Waals surface area contributed by atoms with E-state index in [0.29, 0.717) is 0 Å². The lowest BCUT2D eigenvalue weighted by Gasteiger charge is -2.09. The van der Waals surface area contributed by atoms with E-state index in [1.165, 1.54) is 6.07 Å². The molecule has 1 heterocycles. The molecule has 0 aliphatic rings. The summed E-state index contributed by atoms with van der Waals surface area (Å²) >= 11 is 0. The number of carbonyl (C=O) groups is 1. The zero-order valence-corrected chi connectivity index (χ0v) is 8.00. The van der Waals surface area contributed by atoms with E-state index in [4.69, 9.17) is 5.26 Å². The van der Waals surface area contributed by atoms with Crippen molar-refractivity contribution in [3.05, 3.63) is 29.1 Å². The molecule has 0 saturated carbocycles. The molecular formula is C9H5F3N2O2. The molecule has 0 spiro atoms. The lowest BCUT2D eigenvalue weighted by molar-refractivity contribution is -0.141. The molecule has 0 aliphatic heterocycles. The first-order valence-corrected chi connectivity index (χ1v) is 3.96. The van der Waals surface area contributed by atoms with Crippen LogP contribution in [-0.2, 0) is 10.9 Å². The molecule has 1 aromatic heterocycles. The number of pyridine rings is 1. The first-order chi connectivity index (χ1) is 7.41. The molecule has 4 nitrogen and oxygen atoms in total. The summed E-state index contributed by atoms with van der Waals surface area (Å²) in [6, 6.07) is 2.30. The van der Waals surface area contributed by atoms with Crippen molar-refractivity contribution in [2.75, 3.05) is 7.11 Å². The van der Waals surface area contributed by atoms with Gasteiger partial charge in [-0.2, -0.15) is 18.4 Å². The minimum atomic E-state index is -4.78. The predicted molar refractivity (Wildman–Crippen MR) is 45.3 cm³/mol. The van der Waals surface area contributed by atoms with Crippen LogP contribution in [0.5, 0.6) is 0 Å². The first kappa shape index (κ1) is 12.0. The Bertz CT molecular complexity index is 463. The van der Waals surface area contributed by atoms with E-state index in [2.05, 4.69) is 9.72 Å². The normalized spacial score (nSPS) is 10.7. The number of aromatic nitrogens is 1. The molecule has 0 aromatic carbocycles. The number of hydrogen-bond acceptors (Lipinski definition) is 4. The van der Waals surface area contributed by atoms with Crippen LogP contribution in [0.3, 0.4) is 0 Å².